The number of H-pyrrole nitrogens is 2. The summed E-state index contributed by atoms with van der Waals surface area (Å²) in [6.45, 7) is 7.51. The molecule has 0 radical (unpaired) electrons. The normalized spacial score (nSPS) is 16.0. The molecule has 7 heteroatoms. The molecule has 150 valence electrons. The van der Waals surface area contributed by atoms with Crippen LogP contribution in [0.15, 0.2) is 49.4 Å². The van der Waals surface area contributed by atoms with Gasteiger partial charge in [0, 0.05) is 16.9 Å². The number of halogens is 1. The van der Waals surface area contributed by atoms with Crippen LogP contribution in [0.4, 0.5) is 11.5 Å². The molecule has 3 heterocycles. The number of hydrogen-bond donors (Lipinski definition) is 2. The molecule has 0 saturated carbocycles. The lowest BCUT2D eigenvalue weighted by atomic mass is 9.74. The second kappa shape index (κ2) is 7.87. The van der Waals surface area contributed by atoms with Crippen LogP contribution in [0.25, 0.3) is 11.0 Å². The molecule has 1 aliphatic heterocycles. The van der Waals surface area contributed by atoms with Crippen LogP contribution in [0.1, 0.15) is 24.8 Å². The zero-order valence-electron chi connectivity index (χ0n) is 16.5. The van der Waals surface area contributed by atoms with Gasteiger partial charge in [-0.2, -0.15) is 0 Å². The van der Waals surface area contributed by atoms with Gasteiger partial charge in [-0.3, -0.25) is 9.69 Å². The smallest absolute Gasteiger partial charge is 0.234 e. The zero-order valence-corrected chi connectivity index (χ0v) is 17.2. The van der Waals surface area contributed by atoms with Crippen LogP contribution in [0.5, 0.6) is 0 Å². The van der Waals surface area contributed by atoms with Crippen molar-refractivity contribution in [3.63, 3.8) is 0 Å². The van der Waals surface area contributed by atoms with Crippen molar-refractivity contribution in [2.45, 2.75) is 26.2 Å². The second-order valence-electron chi connectivity index (χ2n) is 7.67. The van der Waals surface area contributed by atoms with E-state index in [0.717, 1.165) is 54.0 Å². The lowest BCUT2D eigenvalue weighted by Gasteiger charge is -2.38. The minimum atomic E-state index is -0.472. The number of carbonyl (C=O) groups is 1. The Kier molecular flexibility index (Phi) is 5.28. The molecule has 1 fully saturated rings. The molecule has 2 aromatic heterocycles. The van der Waals surface area contributed by atoms with E-state index in [1.165, 1.54) is 0 Å². The molecule has 0 spiro atoms. The summed E-state index contributed by atoms with van der Waals surface area (Å²) in [6.07, 6.45) is 7.66. The van der Waals surface area contributed by atoms with E-state index < -0.39 is 5.41 Å². The summed E-state index contributed by atoms with van der Waals surface area (Å²) < 4.78 is 0. The SMILES string of the molecule is C=CCC1(C(=O)Nc2cccc(Cl)c2)CCN(c2[nH+]cnc3[nH]cc(C)c23)CC1. The number of nitrogens with zero attached hydrogens (tertiary/aromatic N) is 2. The van der Waals surface area contributed by atoms with Gasteiger partial charge in [0.25, 0.3) is 0 Å². The third-order valence-corrected chi connectivity index (χ3v) is 6.06. The van der Waals surface area contributed by atoms with Gasteiger partial charge in [-0.05, 0) is 49.9 Å². The summed E-state index contributed by atoms with van der Waals surface area (Å²) in [6, 6.07) is 7.26. The average molecular weight is 411 g/mol. The Labute approximate surface area is 175 Å². The highest BCUT2D eigenvalue weighted by Gasteiger charge is 2.42. The van der Waals surface area contributed by atoms with Gasteiger partial charge in [-0.15, -0.1) is 6.58 Å². The summed E-state index contributed by atoms with van der Waals surface area (Å²) in [5.41, 5.74) is 2.28. The van der Waals surface area contributed by atoms with Gasteiger partial charge < -0.3 is 10.3 Å². The minimum Gasteiger partial charge on any atom is -0.332 e. The van der Waals surface area contributed by atoms with Crippen molar-refractivity contribution in [3.05, 3.63) is 60.0 Å². The number of hydrogen-bond acceptors (Lipinski definition) is 3. The first-order valence-corrected chi connectivity index (χ1v) is 10.2. The standard InChI is InChI=1S/C22H24ClN5O/c1-3-7-22(21(29)27-17-6-4-5-16(23)12-17)8-10-28(11-9-22)20-18-15(2)13-24-19(18)25-14-26-20/h3-6,12-14H,1,7-11H2,2H3,(H,27,29)(H,24,25,26)/p+1. The van der Waals surface area contributed by atoms with E-state index in [4.69, 9.17) is 11.6 Å². The van der Waals surface area contributed by atoms with E-state index in [1.54, 1.807) is 18.5 Å². The molecule has 6 nitrogen and oxygen atoms in total. The first kappa shape index (κ1) is 19.5. The fraction of sp³-hybridized carbons (Fsp3) is 0.318. The molecule has 4 rings (SSSR count). The van der Waals surface area contributed by atoms with Crippen molar-refractivity contribution in [1.29, 1.82) is 0 Å². The lowest BCUT2D eigenvalue weighted by molar-refractivity contribution is -0.367. The Morgan fingerprint density at radius 1 is 1.45 bits per heavy atom. The van der Waals surface area contributed by atoms with E-state index >= 15 is 0 Å². The van der Waals surface area contributed by atoms with Crippen LogP contribution in [-0.2, 0) is 4.79 Å². The molecule has 1 amide bonds. The Balaban J connectivity index is 1.54. The lowest BCUT2D eigenvalue weighted by Crippen LogP contribution is -2.47. The van der Waals surface area contributed by atoms with Crippen LogP contribution in [0.3, 0.4) is 0 Å². The highest BCUT2D eigenvalue weighted by Crippen LogP contribution is 2.38. The molecule has 0 bridgehead atoms. The van der Waals surface area contributed by atoms with Gasteiger partial charge >= 0.3 is 0 Å². The number of benzene rings is 1. The quantitative estimate of drug-likeness (QED) is 0.620. The number of allylic oxidation sites excluding steroid dienone is 1. The molecule has 1 aliphatic rings. The summed E-state index contributed by atoms with van der Waals surface area (Å²) >= 11 is 6.06. The van der Waals surface area contributed by atoms with E-state index in [1.807, 2.05) is 24.4 Å². The maximum Gasteiger partial charge on any atom is 0.234 e. The van der Waals surface area contributed by atoms with E-state index in [2.05, 4.69) is 38.7 Å². The predicted octanol–water partition coefficient (Wildman–Crippen LogP) is 4.14. The molecule has 1 saturated heterocycles. The van der Waals surface area contributed by atoms with Crippen LogP contribution in [-0.4, -0.2) is 29.0 Å². The number of aryl methyl sites for hydroxylation is 1. The van der Waals surface area contributed by atoms with Gasteiger partial charge in [0.2, 0.25) is 23.7 Å². The molecule has 3 aromatic rings. The number of aromatic nitrogens is 3. The van der Waals surface area contributed by atoms with Crippen LogP contribution in [0.2, 0.25) is 5.02 Å². The monoisotopic (exact) mass is 410 g/mol. The van der Waals surface area contributed by atoms with Crippen molar-refractivity contribution >= 4 is 40.0 Å². The maximum atomic E-state index is 13.2. The molecular formula is C22H25ClN5O+. The zero-order chi connectivity index (χ0) is 20.4. The van der Waals surface area contributed by atoms with E-state index in [9.17, 15) is 4.79 Å². The third kappa shape index (κ3) is 3.72. The van der Waals surface area contributed by atoms with Crippen LogP contribution in [0, 0.1) is 12.3 Å². The number of piperidine rings is 1. The number of anilines is 2. The number of amides is 1. The van der Waals surface area contributed by atoms with Gasteiger partial charge in [0.15, 0.2) is 0 Å². The number of carbonyl (C=O) groups excluding carboxylic acids is 1. The van der Waals surface area contributed by atoms with Gasteiger partial charge in [-0.25, -0.2) is 4.98 Å². The summed E-state index contributed by atoms with van der Waals surface area (Å²) in [7, 11) is 0. The van der Waals surface area contributed by atoms with E-state index in [0.29, 0.717) is 11.4 Å². The van der Waals surface area contributed by atoms with Gasteiger partial charge in [0.05, 0.1) is 18.5 Å². The van der Waals surface area contributed by atoms with Crippen molar-refractivity contribution in [3.8, 4) is 0 Å². The maximum absolute atomic E-state index is 13.2. The highest BCUT2D eigenvalue weighted by molar-refractivity contribution is 6.30. The Hall–Kier alpha value is -2.86. The Bertz CT molecular complexity index is 1050. The molecule has 29 heavy (non-hydrogen) atoms. The minimum absolute atomic E-state index is 0.0287. The molecule has 0 unspecified atom stereocenters. The van der Waals surface area contributed by atoms with Crippen molar-refractivity contribution in [2.75, 3.05) is 23.3 Å². The molecular weight excluding hydrogens is 386 g/mol. The fourth-order valence-corrected chi connectivity index (χ4v) is 4.37. The van der Waals surface area contributed by atoms with Crippen LogP contribution < -0.4 is 15.2 Å². The fourth-order valence-electron chi connectivity index (χ4n) is 4.18. The number of rotatable bonds is 5. The second-order valence-corrected chi connectivity index (χ2v) is 8.11. The van der Waals surface area contributed by atoms with Crippen molar-refractivity contribution < 1.29 is 9.78 Å². The molecule has 0 atom stereocenters. The first-order valence-electron chi connectivity index (χ1n) is 9.80. The summed E-state index contributed by atoms with van der Waals surface area (Å²) in [4.78, 5) is 26.4. The Morgan fingerprint density at radius 3 is 2.97 bits per heavy atom. The Morgan fingerprint density at radius 2 is 2.24 bits per heavy atom. The average Bonchev–Trinajstić information content (AvgIpc) is 3.10. The summed E-state index contributed by atoms with van der Waals surface area (Å²) in [5.74, 6) is 1.08. The van der Waals surface area contributed by atoms with Gasteiger partial charge in [0.1, 0.15) is 5.39 Å². The third-order valence-electron chi connectivity index (χ3n) is 5.82. The topological polar surface area (TPSA) is 75.2 Å². The first-order chi connectivity index (χ1) is 14.0. The van der Waals surface area contributed by atoms with Crippen LogP contribution >= 0.6 is 11.6 Å². The number of nitrogens with one attached hydrogen (secondary N) is 3. The summed E-state index contributed by atoms with van der Waals surface area (Å²) in [5, 5.41) is 4.76. The largest absolute Gasteiger partial charge is 0.332 e. The van der Waals surface area contributed by atoms with Gasteiger partial charge in [-0.1, -0.05) is 28.7 Å². The van der Waals surface area contributed by atoms with E-state index in [-0.39, 0.29) is 5.91 Å². The van der Waals surface area contributed by atoms with Crippen molar-refractivity contribution in [1.82, 2.24) is 9.97 Å². The molecule has 1 aromatic carbocycles. The highest BCUT2D eigenvalue weighted by atomic mass is 35.5. The predicted molar refractivity (Wildman–Crippen MR) is 116 cm³/mol. The molecule has 3 N–H and O–H groups in total. The number of fused-ring (bicyclic) bond motifs is 1. The molecule has 0 aliphatic carbocycles. The van der Waals surface area contributed by atoms with Crippen molar-refractivity contribution in [2.24, 2.45) is 5.41 Å². The number of aromatic amines is 2.